The first-order chi connectivity index (χ1) is 7.18. The zero-order chi connectivity index (χ0) is 10.8. The number of aryl methyl sites for hydroxylation is 2. The topological polar surface area (TPSA) is 35.2 Å². The van der Waals surface area contributed by atoms with E-state index in [1.54, 1.807) is 0 Å². The highest BCUT2D eigenvalue weighted by atomic mass is 16.5. The van der Waals surface area contributed by atoms with Gasteiger partial charge in [0, 0.05) is 6.61 Å². The average Bonchev–Trinajstić information content (AvgIpc) is 2.69. The first kappa shape index (κ1) is 10.7. The molecule has 1 heterocycles. The highest BCUT2D eigenvalue weighted by molar-refractivity contribution is 5.33. The molecule has 2 rings (SSSR count). The van der Waals surface area contributed by atoms with Gasteiger partial charge in [0.15, 0.2) is 0 Å². The smallest absolute Gasteiger partial charge is 0.0768 e. The normalized spacial score (nSPS) is 23.0. The molecule has 0 spiro atoms. The van der Waals surface area contributed by atoms with Gasteiger partial charge in [-0.15, -0.1) is 0 Å². The van der Waals surface area contributed by atoms with E-state index in [-0.39, 0.29) is 12.1 Å². The minimum atomic E-state index is 0.0353. The zero-order valence-corrected chi connectivity index (χ0v) is 9.49. The molecule has 0 radical (unpaired) electrons. The molecule has 2 nitrogen and oxygen atoms in total. The summed E-state index contributed by atoms with van der Waals surface area (Å²) in [7, 11) is 0. The molecular weight excluding hydrogens is 186 g/mol. The number of rotatable bonds is 2. The molecule has 0 saturated carbocycles. The second-order valence-electron chi connectivity index (χ2n) is 4.44. The maximum Gasteiger partial charge on any atom is 0.0768 e. The molecule has 1 saturated heterocycles. The van der Waals surface area contributed by atoms with Crippen LogP contribution in [0.3, 0.4) is 0 Å². The SMILES string of the molecule is Cc1ccc(C(N)C2CCCO2)c(C)c1. The lowest BCUT2D eigenvalue weighted by Crippen LogP contribution is -2.26. The molecule has 82 valence electrons. The third kappa shape index (κ3) is 2.21. The van der Waals surface area contributed by atoms with Gasteiger partial charge in [-0.25, -0.2) is 0 Å². The lowest BCUT2D eigenvalue weighted by molar-refractivity contribution is 0.0899. The monoisotopic (exact) mass is 205 g/mol. The number of hydrogen-bond acceptors (Lipinski definition) is 2. The number of hydrogen-bond donors (Lipinski definition) is 1. The largest absolute Gasteiger partial charge is 0.376 e. The Kier molecular flexibility index (Phi) is 3.08. The Bertz CT molecular complexity index is 342. The van der Waals surface area contributed by atoms with E-state index in [1.165, 1.54) is 16.7 Å². The van der Waals surface area contributed by atoms with E-state index in [0.29, 0.717) is 0 Å². The van der Waals surface area contributed by atoms with E-state index in [4.69, 9.17) is 10.5 Å². The van der Waals surface area contributed by atoms with E-state index in [2.05, 4.69) is 32.0 Å². The fourth-order valence-electron chi connectivity index (χ4n) is 2.29. The lowest BCUT2D eigenvalue weighted by Gasteiger charge is -2.21. The molecule has 1 aliphatic rings. The molecule has 1 aromatic rings. The van der Waals surface area contributed by atoms with Gasteiger partial charge < -0.3 is 10.5 Å². The van der Waals surface area contributed by atoms with Crippen molar-refractivity contribution < 1.29 is 4.74 Å². The highest BCUT2D eigenvalue weighted by Gasteiger charge is 2.24. The fourth-order valence-corrected chi connectivity index (χ4v) is 2.29. The standard InChI is InChI=1S/C13H19NO/c1-9-5-6-11(10(2)8-9)13(14)12-4-3-7-15-12/h5-6,8,12-13H,3-4,7,14H2,1-2H3. The molecule has 0 amide bonds. The van der Waals surface area contributed by atoms with Gasteiger partial charge in [0.25, 0.3) is 0 Å². The second kappa shape index (κ2) is 4.33. The van der Waals surface area contributed by atoms with Crippen molar-refractivity contribution in [3.8, 4) is 0 Å². The second-order valence-corrected chi connectivity index (χ2v) is 4.44. The Morgan fingerprint density at radius 3 is 2.80 bits per heavy atom. The van der Waals surface area contributed by atoms with Gasteiger partial charge in [-0.05, 0) is 37.8 Å². The average molecular weight is 205 g/mol. The number of nitrogens with two attached hydrogens (primary N) is 1. The minimum Gasteiger partial charge on any atom is -0.376 e. The Morgan fingerprint density at radius 2 is 2.20 bits per heavy atom. The van der Waals surface area contributed by atoms with E-state index >= 15 is 0 Å². The van der Waals surface area contributed by atoms with E-state index in [1.807, 2.05) is 0 Å². The molecule has 0 bridgehead atoms. The molecule has 15 heavy (non-hydrogen) atoms. The summed E-state index contributed by atoms with van der Waals surface area (Å²) in [5.41, 5.74) is 10.0. The molecular formula is C13H19NO. The van der Waals surface area contributed by atoms with Gasteiger partial charge >= 0.3 is 0 Å². The van der Waals surface area contributed by atoms with Crippen LogP contribution >= 0.6 is 0 Å². The first-order valence-electron chi connectivity index (χ1n) is 5.63. The lowest BCUT2D eigenvalue weighted by atomic mass is 9.95. The summed E-state index contributed by atoms with van der Waals surface area (Å²) in [6.07, 6.45) is 2.45. The van der Waals surface area contributed by atoms with Gasteiger partial charge in [-0.3, -0.25) is 0 Å². The highest BCUT2D eigenvalue weighted by Crippen LogP contribution is 2.27. The van der Waals surface area contributed by atoms with Crippen LogP contribution in [0.25, 0.3) is 0 Å². The molecule has 2 unspecified atom stereocenters. The van der Waals surface area contributed by atoms with Crippen LogP contribution in [0.5, 0.6) is 0 Å². The molecule has 0 aliphatic carbocycles. The predicted molar refractivity (Wildman–Crippen MR) is 61.8 cm³/mol. The molecule has 1 aliphatic heterocycles. The van der Waals surface area contributed by atoms with Crippen molar-refractivity contribution in [2.45, 2.75) is 38.8 Å². The van der Waals surface area contributed by atoms with Gasteiger partial charge in [-0.1, -0.05) is 23.8 Å². The van der Waals surface area contributed by atoms with Crippen LogP contribution in [0.1, 0.15) is 35.6 Å². The summed E-state index contributed by atoms with van der Waals surface area (Å²) >= 11 is 0. The molecule has 2 atom stereocenters. The van der Waals surface area contributed by atoms with Crippen LogP contribution < -0.4 is 5.73 Å². The van der Waals surface area contributed by atoms with Crippen LogP contribution in [0, 0.1) is 13.8 Å². The van der Waals surface area contributed by atoms with Crippen molar-refractivity contribution in [1.29, 1.82) is 0 Å². The maximum atomic E-state index is 6.23. The Balaban J connectivity index is 2.20. The summed E-state index contributed by atoms with van der Waals surface area (Å²) in [5, 5.41) is 0. The van der Waals surface area contributed by atoms with Crippen molar-refractivity contribution in [2.24, 2.45) is 5.73 Å². The van der Waals surface area contributed by atoms with Gasteiger partial charge in [0.2, 0.25) is 0 Å². The van der Waals surface area contributed by atoms with E-state index in [0.717, 1.165) is 19.4 Å². The number of ether oxygens (including phenoxy) is 1. The van der Waals surface area contributed by atoms with Crippen LogP contribution in [-0.2, 0) is 4.74 Å². The van der Waals surface area contributed by atoms with Crippen molar-refractivity contribution >= 4 is 0 Å². The van der Waals surface area contributed by atoms with Crippen molar-refractivity contribution in [3.05, 3.63) is 34.9 Å². The minimum absolute atomic E-state index is 0.0353. The van der Waals surface area contributed by atoms with Crippen LogP contribution in [0.4, 0.5) is 0 Å². The number of benzene rings is 1. The Labute approximate surface area is 91.4 Å². The fraction of sp³-hybridized carbons (Fsp3) is 0.538. The van der Waals surface area contributed by atoms with Crippen LogP contribution in [0.15, 0.2) is 18.2 Å². The molecule has 0 aromatic heterocycles. The Hall–Kier alpha value is -0.860. The van der Waals surface area contributed by atoms with Gasteiger partial charge in [-0.2, -0.15) is 0 Å². The summed E-state index contributed by atoms with van der Waals surface area (Å²) in [6.45, 7) is 5.09. The van der Waals surface area contributed by atoms with Gasteiger partial charge in [0.05, 0.1) is 12.1 Å². The van der Waals surface area contributed by atoms with Crippen molar-refractivity contribution in [2.75, 3.05) is 6.61 Å². The quantitative estimate of drug-likeness (QED) is 0.805. The summed E-state index contributed by atoms with van der Waals surface area (Å²) in [6, 6.07) is 6.48. The Morgan fingerprint density at radius 1 is 1.40 bits per heavy atom. The van der Waals surface area contributed by atoms with Crippen LogP contribution in [0.2, 0.25) is 0 Å². The van der Waals surface area contributed by atoms with Crippen molar-refractivity contribution in [1.82, 2.24) is 0 Å². The molecule has 2 N–H and O–H groups in total. The van der Waals surface area contributed by atoms with Gasteiger partial charge in [0.1, 0.15) is 0 Å². The van der Waals surface area contributed by atoms with E-state index < -0.39 is 0 Å². The summed E-state index contributed by atoms with van der Waals surface area (Å²) < 4.78 is 5.63. The summed E-state index contributed by atoms with van der Waals surface area (Å²) in [5.74, 6) is 0. The summed E-state index contributed by atoms with van der Waals surface area (Å²) in [4.78, 5) is 0. The van der Waals surface area contributed by atoms with E-state index in [9.17, 15) is 0 Å². The molecule has 2 heteroatoms. The van der Waals surface area contributed by atoms with Crippen LogP contribution in [-0.4, -0.2) is 12.7 Å². The maximum absolute atomic E-state index is 6.23. The predicted octanol–water partition coefficient (Wildman–Crippen LogP) is 2.48. The third-order valence-electron chi connectivity index (χ3n) is 3.15. The molecule has 1 aromatic carbocycles. The third-order valence-corrected chi connectivity index (χ3v) is 3.15. The molecule has 1 fully saturated rings. The zero-order valence-electron chi connectivity index (χ0n) is 9.49. The van der Waals surface area contributed by atoms with Crippen molar-refractivity contribution in [3.63, 3.8) is 0 Å². The first-order valence-corrected chi connectivity index (χ1v) is 5.63.